The molecule has 0 spiro atoms. The molecule has 15 heavy (non-hydrogen) atoms. The van der Waals surface area contributed by atoms with Crippen molar-refractivity contribution >= 4 is 5.97 Å². The van der Waals surface area contributed by atoms with E-state index in [0.717, 1.165) is 19.2 Å². The molecule has 0 radical (unpaired) electrons. The van der Waals surface area contributed by atoms with E-state index in [0.29, 0.717) is 0 Å². The molecular weight excluding hydrogens is 215 g/mol. The average Bonchev–Trinajstić information content (AvgIpc) is 2.19. The van der Waals surface area contributed by atoms with Crippen molar-refractivity contribution in [2.45, 2.75) is 6.61 Å². The maximum Gasteiger partial charge on any atom is 0.388 e. The van der Waals surface area contributed by atoms with Crippen molar-refractivity contribution in [3.8, 4) is 5.88 Å². The van der Waals surface area contributed by atoms with E-state index >= 15 is 0 Å². The van der Waals surface area contributed by atoms with Crippen molar-refractivity contribution in [2.24, 2.45) is 0 Å². The van der Waals surface area contributed by atoms with Crippen LogP contribution in [0.3, 0.4) is 0 Å². The molecule has 4 nitrogen and oxygen atoms in total. The van der Waals surface area contributed by atoms with Crippen LogP contribution in [0.15, 0.2) is 12.1 Å². The van der Waals surface area contributed by atoms with Crippen LogP contribution in [0.5, 0.6) is 5.88 Å². The SMILES string of the molecule is COC(=O)c1ccc(F)c(OC(F)F)n1. The second-order valence-corrected chi connectivity index (χ2v) is 2.35. The molecule has 7 heteroatoms. The molecule has 0 saturated heterocycles. The molecule has 0 saturated carbocycles. The molecule has 0 amide bonds. The Morgan fingerprint density at radius 1 is 1.47 bits per heavy atom. The summed E-state index contributed by atoms with van der Waals surface area (Å²) in [5.41, 5.74) is -0.311. The smallest absolute Gasteiger partial charge is 0.388 e. The zero-order valence-electron chi connectivity index (χ0n) is 7.54. The minimum Gasteiger partial charge on any atom is -0.464 e. The summed E-state index contributed by atoms with van der Waals surface area (Å²) in [7, 11) is 1.08. The molecule has 1 rings (SSSR count). The molecule has 0 N–H and O–H groups in total. The summed E-state index contributed by atoms with van der Waals surface area (Å²) in [5, 5.41) is 0. The highest BCUT2D eigenvalue weighted by molar-refractivity contribution is 5.87. The first-order valence-corrected chi connectivity index (χ1v) is 3.74. The highest BCUT2D eigenvalue weighted by Crippen LogP contribution is 2.16. The van der Waals surface area contributed by atoms with Crippen LogP contribution in [0.2, 0.25) is 0 Å². The molecule has 82 valence electrons. The lowest BCUT2D eigenvalue weighted by molar-refractivity contribution is -0.0555. The lowest BCUT2D eigenvalue weighted by Crippen LogP contribution is -2.10. The fourth-order valence-electron chi connectivity index (χ4n) is 0.809. The van der Waals surface area contributed by atoms with Gasteiger partial charge < -0.3 is 9.47 Å². The van der Waals surface area contributed by atoms with E-state index in [9.17, 15) is 18.0 Å². The Hall–Kier alpha value is -1.79. The van der Waals surface area contributed by atoms with Gasteiger partial charge in [0.25, 0.3) is 5.88 Å². The van der Waals surface area contributed by atoms with Crippen LogP contribution in [0.4, 0.5) is 13.2 Å². The fraction of sp³-hybridized carbons (Fsp3) is 0.250. The zero-order valence-corrected chi connectivity index (χ0v) is 7.54. The number of methoxy groups -OCH3 is 1. The van der Waals surface area contributed by atoms with Crippen molar-refractivity contribution < 1.29 is 27.4 Å². The van der Waals surface area contributed by atoms with Gasteiger partial charge in [0.2, 0.25) is 0 Å². The monoisotopic (exact) mass is 221 g/mol. The van der Waals surface area contributed by atoms with Gasteiger partial charge in [0.15, 0.2) is 11.5 Å². The summed E-state index contributed by atoms with van der Waals surface area (Å²) < 4.78 is 44.4. The first-order chi connectivity index (χ1) is 7.04. The Morgan fingerprint density at radius 2 is 2.13 bits per heavy atom. The van der Waals surface area contributed by atoms with Gasteiger partial charge in [0, 0.05) is 0 Å². The number of nitrogens with zero attached hydrogens (tertiary/aromatic N) is 1. The summed E-state index contributed by atoms with van der Waals surface area (Å²) in [5.74, 6) is -2.88. The molecule has 1 heterocycles. The van der Waals surface area contributed by atoms with E-state index in [1.165, 1.54) is 0 Å². The van der Waals surface area contributed by atoms with E-state index in [1.54, 1.807) is 0 Å². The van der Waals surface area contributed by atoms with Crippen molar-refractivity contribution in [1.82, 2.24) is 4.98 Å². The summed E-state index contributed by atoms with van der Waals surface area (Å²) in [6, 6.07) is 1.79. The normalized spacial score (nSPS) is 10.2. The van der Waals surface area contributed by atoms with E-state index in [2.05, 4.69) is 14.5 Å². The molecule has 1 aromatic heterocycles. The third-order valence-electron chi connectivity index (χ3n) is 1.41. The van der Waals surface area contributed by atoms with Crippen LogP contribution in [0.25, 0.3) is 0 Å². The Kier molecular flexibility index (Phi) is 3.48. The number of rotatable bonds is 3. The summed E-state index contributed by atoms with van der Waals surface area (Å²) in [6.07, 6.45) is 0. The van der Waals surface area contributed by atoms with E-state index < -0.39 is 24.3 Å². The molecule has 1 aromatic rings. The number of halogens is 3. The molecule has 0 aliphatic heterocycles. The number of aromatic nitrogens is 1. The number of carbonyl (C=O) groups is 1. The summed E-state index contributed by atoms with van der Waals surface area (Å²) >= 11 is 0. The minimum absolute atomic E-state index is 0.311. The van der Waals surface area contributed by atoms with Crippen LogP contribution in [0, 0.1) is 5.82 Å². The standard InChI is InChI=1S/C8H6F3NO3/c1-14-7(13)5-3-2-4(9)6(12-5)15-8(10)11/h2-3,8H,1H3. The Labute approximate surface area is 82.6 Å². The second-order valence-electron chi connectivity index (χ2n) is 2.35. The highest BCUT2D eigenvalue weighted by Gasteiger charge is 2.15. The van der Waals surface area contributed by atoms with Gasteiger partial charge in [0.1, 0.15) is 0 Å². The van der Waals surface area contributed by atoms with Crippen LogP contribution >= 0.6 is 0 Å². The average molecular weight is 221 g/mol. The van der Waals surface area contributed by atoms with Gasteiger partial charge in [-0.3, -0.25) is 0 Å². The van der Waals surface area contributed by atoms with E-state index in [4.69, 9.17) is 0 Å². The molecular formula is C8H6F3NO3. The lowest BCUT2D eigenvalue weighted by atomic mass is 10.3. The predicted octanol–water partition coefficient (Wildman–Crippen LogP) is 1.61. The second kappa shape index (κ2) is 4.63. The lowest BCUT2D eigenvalue weighted by Gasteiger charge is -2.05. The number of alkyl halides is 2. The van der Waals surface area contributed by atoms with Crippen LogP contribution < -0.4 is 4.74 Å². The maximum atomic E-state index is 12.8. The zero-order chi connectivity index (χ0) is 11.4. The Bertz CT molecular complexity index is 370. The van der Waals surface area contributed by atoms with Gasteiger partial charge in [-0.15, -0.1) is 0 Å². The molecule has 0 atom stereocenters. The largest absolute Gasteiger partial charge is 0.464 e. The first-order valence-electron chi connectivity index (χ1n) is 3.74. The third kappa shape index (κ3) is 2.83. The molecule has 0 aliphatic rings. The van der Waals surface area contributed by atoms with Crippen LogP contribution in [0.1, 0.15) is 10.5 Å². The van der Waals surface area contributed by atoms with Crippen molar-refractivity contribution in [1.29, 1.82) is 0 Å². The van der Waals surface area contributed by atoms with Crippen molar-refractivity contribution in [2.75, 3.05) is 7.11 Å². The maximum absolute atomic E-state index is 12.8. The first kappa shape index (κ1) is 11.3. The number of carbonyl (C=O) groups excluding carboxylic acids is 1. The van der Waals surface area contributed by atoms with Gasteiger partial charge in [-0.05, 0) is 12.1 Å². The fourth-order valence-corrected chi connectivity index (χ4v) is 0.809. The van der Waals surface area contributed by atoms with Gasteiger partial charge in [-0.1, -0.05) is 0 Å². The van der Waals surface area contributed by atoms with Crippen molar-refractivity contribution in [3.63, 3.8) is 0 Å². The molecule has 0 aromatic carbocycles. The van der Waals surface area contributed by atoms with E-state index in [-0.39, 0.29) is 5.69 Å². The van der Waals surface area contributed by atoms with Gasteiger partial charge in [0.05, 0.1) is 7.11 Å². The number of pyridine rings is 1. The van der Waals surface area contributed by atoms with Crippen LogP contribution in [-0.4, -0.2) is 24.7 Å². The summed E-state index contributed by atoms with van der Waals surface area (Å²) in [6.45, 7) is -3.21. The topological polar surface area (TPSA) is 48.4 Å². The quantitative estimate of drug-likeness (QED) is 0.727. The third-order valence-corrected chi connectivity index (χ3v) is 1.41. The molecule has 0 unspecified atom stereocenters. The van der Waals surface area contributed by atoms with Crippen LogP contribution in [-0.2, 0) is 4.74 Å². The number of hydrogen-bond donors (Lipinski definition) is 0. The highest BCUT2D eigenvalue weighted by atomic mass is 19.3. The minimum atomic E-state index is -3.21. The Balaban J connectivity index is 2.99. The van der Waals surface area contributed by atoms with Gasteiger partial charge in [-0.25, -0.2) is 14.2 Å². The molecule has 0 bridgehead atoms. The van der Waals surface area contributed by atoms with E-state index in [1.807, 2.05) is 0 Å². The number of esters is 1. The van der Waals surface area contributed by atoms with Gasteiger partial charge >= 0.3 is 12.6 Å². The molecule has 0 fully saturated rings. The van der Waals surface area contributed by atoms with Crippen molar-refractivity contribution in [3.05, 3.63) is 23.6 Å². The van der Waals surface area contributed by atoms with Gasteiger partial charge in [-0.2, -0.15) is 8.78 Å². The number of hydrogen-bond acceptors (Lipinski definition) is 4. The molecule has 0 aliphatic carbocycles. The Morgan fingerprint density at radius 3 is 2.67 bits per heavy atom. The summed E-state index contributed by atoms with van der Waals surface area (Å²) in [4.78, 5) is 14.1. The number of ether oxygens (including phenoxy) is 2. The predicted molar refractivity (Wildman–Crippen MR) is 42.2 cm³/mol.